The van der Waals surface area contributed by atoms with Crippen LogP contribution in [0.4, 0.5) is 0 Å². The first kappa shape index (κ1) is 21.3. The fourth-order valence-electron chi connectivity index (χ4n) is 3.32. The Morgan fingerprint density at radius 1 is 1.28 bits per heavy atom. The molecular formula is C20H26IN7O. The molecule has 4 rings (SSSR count). The number of hydrogen-bond acceptors (Lipinski definition) is 5. The lowest BCUT2D eigenvalue weighted by Crippen LogP contribution is -2.47. The van der Waals surface area contributed by atoms with Crippen molar-refractivity contribution in [2.75, 3.05) is 6.54 Å². The number of aromatic nitrogens is 4. The standard InChI is InChI=1S/C20H25N7O.HI/c1-3-21-20(25-16-9-10-18-23-14(2)26-27(18)12-16)22-11-17-13-28-19(24-17)15-7-5-4-6-8-15;/h4-8,13,16H,3,9-12H2,1-2H3,(H2,21,22,25);1H. The van der Waals surface area contributed by atoms with Crippen molar-refractivity contribution < 1.29 is 4.42 Å². The summed E-state index contributed by atoms with van der Waals surface area (Å²) >= 11 is 0. The molecule has 2 aromatic heterocycles. The maximum atomic E-state index is 5.59. The molecule has 9 heteroatoms. The van der Waals surface area contributed by atoms with Crippen LogP contribution in [0.1, 0.15) is 30.7 Å². The molecule has 0 saturated carbocycles. The molecule has 2 N–H and O–H groups in total. The molecule has 0 fully saturated rings. The number of nitrogens with one attached hydrogen (secondary N) is 2. The lowest BCUT2D eigenvalue weighted by atomic mass is 10.1. The normalized spacial score (nSPS) is 16.1. The van der Waals surface area contributed by atoms with Crippen LogP contribution >= 0.6 is 24.0 Å². The van der Waals surface area contributed by atoms with Gasteiger partial charge >= 0.3 is 0 Å². The zero-order valence-electron chi connectivity index (χ0n) is 16.6. The molecular weight excluding hydrogens is 481 g/mol. The van der Waals surface area contributed by atoms with Gasteiger partial charge in [0.05, 0.1) is 13.1 Å². The minimum atomic E-state index is 0. The number of benzene rings is 1. The lowest BCUT2D eigenvalue weighted by molar-refractivity contribution is 0.392. The third kappa shape index (κ3) is 5.34. The number of rotatable bonds is 5. The smallest absolute Gasteiger partial charge is 0.226 e. The van der Waals surface area contributed by atoms with Crippen molar-refractivity contribution in [3.63, 3.8) is 0 Å². The quantitative estimate of drug-likeness (QED) is 0.314. The predicted molar refractivity (Wildman–Crippen MR) is 122 cm³/mol. The minimum Gasteiger partial charge on any atom is -0.444 e. The van der Waals surface area contributed by atoms with Gasteiger partial charge in [0.15, 0.2) is 5.96 Å². The van der Waals surface area contributed by atoms with E-state index in [-0.39, 0.29) is 30.0 Å². The zero-order valence-corrected chi connectivity index (χ0v) is 19.0. The van der Waals surface area contributed by atoms with Gasteiger partial charge in [-0.1, -0.05) is 18.2 Å². The van der Waals surface area contributed by atoms with E-state index in [9.17, 15) is 0 Å². The molecule has 3 heterocycles. The number of aryl methyl sites for hydroxylation is 2. The van der Waals surface area contributed by atoms with Crippen LogP contribution < -0.4 is 10.6 Å². The minimum absolute atomic E-state index is 0. The summed E-state index contributed by atoms with van der Waals surface area (Å²) in [5, 5.41) is 11.3. The van der Waals surface area contributed by atoms with Crippen molar-refractivity contribution in [2.45, 2.75) is 45.8 Å². The van der Waals surface area contributed by atoms with E-state index in [2.05, 4.69) is 37.6 Å². The Balaban J connectivity index is 0.00000240. The second kappa shape index (κ2) is 9.86. The first-order chi connectivity index (χ1) is 13.7. The molecule has 1 unspecified atom stereocenters. The number of hydrogen-bond donors (Lipinski definition) is 2. The summed E-state index contributed by atoms with van der Waals surface area (Å²) in [4.78, 5) is 13.7. The second-order valence-electron chi connectivity index (χ2n) is 6.84. The highest BCUT2D eigenvalue weighted by Crippen LogP contribution is 2.18. The summed E-state index contributed by atoms with van der Waals surface area (Å²) in [6.45, 7) is 6.02. The van der Waals surface area contributed by atoms with Crippen molar-refractivity contribution in [3.8, 4) is 11.5 Å². The predicted octanol–water partition coefficient (Wildman–Crippen LogP) is 2.93. The van der Waals surface area contributed by atoms with E-state index in [1.54, 1.807) is 6.26 Å². The van der Waals surface area contributed by atoms with E-state index >= 15 is 0 Å². The average Bonchev–Trinajstić information content (AvgIpc) is 3.32. The van der Waals surface area contributed by atoms with Gasteiger partial charge in [-0.15, -0.1) is 24.0 Å². The number of halogens is 1. The zero-order chi connectivity index (χ0) is 19.3. The third-order valence-corrected chi connectivity index (χ3v) is 4.62. The molecule has 1 aliphatic heterocycles. The first-order valence-electron chi connectivity index (χ1n) is 9.66. The molecule has 1 atom stereocenters. The largest absolute Gasteiger partial charge is 0.444 e. The number of guanidine groups is 1. The Morgan fingerprint density at radius 2 is 2.10 bits per heavy atom. The Bertz CT molecular complexity index is 951. The topological polar surface area (TPSA) is 93.2 Å². The van der Waals surface area contributed by atoms with E-state index in [1.807, 2.05) is 41.9 Å². The summed E-state index contributed by atoms with van der Waals surface area (Å²) in [6, 6.07) is 10.1. The fourth-order valence-corrected chi connectivity index (χ4v) is 3.32. The monoisotopic (exact) mass is 507 g/mol. The first-order valence-corrected chi connectivity index (χ1v) is 9.66. The maximum Gasteiger partial charge on any atom is 0.226 e. The molecule has 0 aliphatic carbocycles. The maximum absolute atomic E-state index is 5.59. The molecule has 0 saturated heterocycles. The molecule has 154 valence electrons. The van der Waals surface area contributed by atoms with E-state index in [1.165, 1.54) is 0 Å². The van der Waals surface area contributed by atoms with Crippen LogP contribution in [0, 0.1) is 6.92 Å². The van der Waals surface area contributed by atoms with Crippen molar-refractivity contribution in [3.05, 3.63) is 53.9 Å². The number of aliphatic imine (C=N–C) groups is 1. The molecule has 1 aliphatic rings. The number of nitrogens with zero attached hydrogens (tertiary/aromatic N) is 5. The Labute approximate surface area is 187 Å². The lowest BCUT2D eigenvalue weighted by Gasteiger charge is -2.25. The van der Waals surface area contributed by atoms with Crippen molar-refractivity contribution in [2.24, 2.45) is 4.99 Å². The summed E-state index contributed by atoms with van der Waals surface area (Å²) < 4.78 is 7.58. The van der Waals surface area contributed by atoms with Crippen LogP contribution in [0.5, 0.6) is 0 Å². The summed E-state index contributed by atoms with van der Waals surface area (Å²) in [6.07, 6.45) is 3.59. The van der Waals surface area contributed by atoms with Gasteiger partial charge in [-0.2, -0.15) is 5.10 Å². The highest BCUT2D eigenvalue weighted by molar-refractivity contribution is 14.0. The van der Waals surface area contributed by atoms with Gasteiger partial charge in [0.25, 0.3) is 0 Å². The van der Waals surface area contributed by atoms with Crippen molar-refractivity contribution in [1.82, 2.24) is 30.4 Å². The van der Waals surface area contributed by atoms with Crippen LogP contribution in [0.3, 0.4) is 0 Å². The van der Waals surface area contributed by atoms with Gasteiger partial charge in [0, 0.05) is 24.6 Å². The second-order valence-corrected chi connectivity index (χ2v) is 6.84. The molecule has 0 radical (unpaired) electrons. The van der Waals surface area contributed by atoms with Gasteiger partial charge in [-0.25, -0.2) is 19.6 Å². The summed E-state index contributed by atoms with van der Waals surface area (Å²) in [7, 11) is 0. The molecule has 0 bridgehead atoms. The molecule has 0 amide bonds. The van der Waals surface area contributed by atoms with Gasteiger partial charge in [0.2, 0.25) is 5.89 Å². The van der Waals surface area contributed by atoms with Crippen LogP contribution in [0.15, 0.2) is 46.0 Å². The Morgan fingerprint density at radius 3 is 2.90 bits per heavy atom. The van der Waals surface area contributed by atoms with E-state index in [0.717, 1.165) is 54.8 Å². The Kier molecular flexibility index (Phi) is 7.24. The SMILES string of the molecule is CCNC(=NCc1coc(-c2ccccc2)n1)NC1CCc2nc(C)nn2C1.I. The Hall–Kier alpha value is -2.43. The van der Waals surface area contributed by atoms with Crippen LogP contribution in [-0.2, 0) is 19.5 Å². The molecule has 8 nitrogen and oxygen atoms in total. The molecule has 29 heavy (non-hydrogen) atoms. The molecule has 3 aromatic rings. The van der Waals surface area contributed by atoms with E-state index in [4.69, 9.17) is 4.42 Å². The third-order valence-electron chi connectivity index (χ3n) is 4.62. The van der Waals surface area contributed by atoms with E-state index < -0.39 is 0 Å². The highest BCUT2D eigenvalue weighted by atomic mass is 127. The van der Waals surface area contributed by atoms with Gasteiger partial charge in [-0.05, 0) is 32.4 Å². The summed E-state index contributed by atoms with van der Waals surface area (Å²) in [5.74, 6) is 3.28. The fraction of sp³-hybridized carbons (Fsp3) is 0.400. The average molecular weight is 507 g/mol. The highest BCUT2D eigenvalue weighted by Gasteiger charge is 2.21. The van der Waals surface area contributed by atoms with Crippen LogP contribution in [-0.4, -0.2) is 38.3 Å². The van der Waals surface area contributed by atoms with Crippen molar-refractivity contribution >= 4 is 29.9 Å². The number of oxazole rings is 1. The molecule has 1 aromatic carbocycles. The van der Waals surface area contributed by atoms with Crippen molar-refractivity contribution in [1.29, 1.82) is 0 Å². The summed E-state index contributed by atoms with van der Waals surface area (Å²) in [5.41, 5.74) is 1.76. The van der Waals surface area contributed by atoms with Crippen LogP contribution in [0.2, 0.25) is 0 Å². The van der Waals surface area contributed by atoms with Gasteiger partial charge < -0.3 is 15.1 Å². The number of fused-ring (bicyclic) bond motifs is 1. The van der Waals surface area contributed by atoms with Gasteiger partial charge in [-0.3, -0.25) is 0 Å². The molecule has 0 spiro atoms. The van der Waals surface area contributed by atoms with Gasteiger partial charge in [0.1, 0.15) is 23.6 Å². The van der Waals surface area contributed by atoms with E-state index in [0.29, 0.717) is 12.4 Å². The van der Waals surface area contributed by atoms with Crippen LogP contribution in [0.25, 0.3) is 11.5 Å².